The first kappa shape index (κ1) is 7.74. The molecule has 0 aliphatic rings. The van der Waals surface area contributed by atoms with Crippen LogP contribution in [0.3, 0.4) is 0 Å². The quantitative estimate of drug-likeness (QED) is 0.585. The van der Waals surface area contributed by atoms with Crippen LogP contribution in [0, 0.1) is 0 Å². The Bertz CT molecular complexity index is 269. The Hall–Kier alpha value is -1.36. The van der Waals surface area contributed by atoms with E-state index < -0.39 is 0 Å². The molecule has 0 saturated carbocycles. The van der Waals surface area contributed by atoms with E-state index in [9.17, 15) is 4.79 Å². The fourth-order valence-corrected chi connectivity index (χ4v) is 0.757. The second-order valence-electron chi connectivity index (χ2n) is 1.94. The summed E-state index contributed by atoms with van der Waals surface area (Å²) in [7, 11) is 0. The molecule has 2 N–H and O–H groups in total. The number of aromatic nitrogens is 2. The molecule has 11 heavy (non-hydrogen) atoms. The highest BCUT2D eigenvalue weighted by molar-refractivity contribution is 5.03. The first-order valence-corrected chi connectivity index (χ1v) is 3.21. The zero-order chi connectivity index (χ0) is 8.27. The predicted molar refractivity (Wildman–Crippen MR) is 39.0 cm³/mol. The molecule has 1 aromatic rings. The lowest BCUT2D eigenvalue weighted by atomic mass is 10.6. The molecule has 0 unspecified atom stereocenters. The van der Waals surface area contributed by atoms with Crippen LogP contribution in [-0.4, -0.2) is 9.55 Å². The van der Waals surface area contributed by atoms with E-state index in [-0.39, 0.29) is 11.4 Å². The molecule has 5 nitrogen and oxygen atoms in total. The van der Waals surface area contributed by atoms with Gasteiger partial charge in [-0.3, -0.25) is 4.79 Å². The van der Waals surface area contributed by atoms with Crippen LogP contribution in [0.5, 0.6) is 5.88 Å². The lowest BCUT2D eigenvalue weighted by Gasteiger charge is -2.00. The molecule has 1 aromatic heterocycles. The number of aryl methyl sites for hydroxylation is 1. The van der Waals surface area contributed by atoms with Gasteiger partial charge < -0.3 is 9.40 Å². The Labute approximate surface area is 63.4 Å². The van der Waals surface area contributed by atoms with E-state index in [4.69, 9.17) is 5.90 Å². The molecule has 0 bridgehead atoms. The zero-order valence-electron chi connectivity index (χ0n) is 6.15. The van der Waals surface area contributed by atoms with Gasteiger partial charge in [-0.1, -0.05) is 0 Å². The minimum absolute atomic E-state index is 0.0747. The molecule has 0 amide bonds. The summed E-state index contributed by atoms with van der Waals surface area (Å²) in [5.41, 5.74) is -0.308. The van der Waals surface area contributed by atoms with Gasteiger partial charge in [-0.2, -0.15) is 5.90 Å². The maximum atomic E-state index is 11.1. The van der Waals surface area contributed by atoms with E-state index in [0.29, 0.717) is 6.54 Å². The Morgan fingerprint density at radius 2 is 2.55 bits per heavy atom. The Morgan fingerprint density at radius 1 is 1.82 bits per heavy atom. The van der Waals surface area contributed by atoms with Crippen LogP contribution in [0.4, 0.5) is 0 Å². The lowest BCUT2D eigenvalue weighted by molar-refractivity contribution is 0.311. The fraction of sp³-hybridized carbons (Fsp3) is 0.333. The predicted octanol–water partition coefficient (Wildman–Crippen LogP) is -0.484. The van der Waals surface area contributed by atoms with Crippen LogP contribution < -0.4 is 16.3 Å². The number of hydrogen-bond donors (Lipinski definition) is 1. The second-order valence-corrected chi connectivity index (χ2v) is 1.94. The molecule has 1 heterocycles. The topological polar surface area (TPSA) is 70.1 Å². The van der Waals surface area contributed by atoms with E-state index in [1.807, 2.05) is 6.92 Å². The molecule has 1 rings (SSSR count). The molecule has 0 spiro atoms. The van der Waals surface area contributed by atoms with Crippen molar-refractivity contribution in [2.24, 2.45) is 5.90 Å². The zero-order valence-corrected chi connectivity index (χ0v) is 6.15. The van der Waals surface area contributed by atoms with Crippen molar-refractivity contribution in [2.75, 3.05) is 0 Å². The fourth-order valence-electron chi connectivity index (χ4n) is 0.757. The summed E-state index contributed by atoms with van der Waals surface area (Å²) in [5, 5.41) is 0. The van der Waals surface area contributed by atoms with Gasteiger partial charge in [-0.25, -0.2) is 4.98 Å². The normalized spacial score (nSPS) is 9.64. The third-order valence-electron chi connectivity index (χ3n) is 1.33. The Morgan fingerprint density at radius 3 is 3.09 bits per heavy atom. The van der Waals surface area contributed by atoms with Crippen molar-refractivity contribution in [3.05, 3.63) is 22.7 Å². The van der Waals surface area contributed by atoms with Crippen LogP contribution >= 0.6 is 0 Å². The van der Waals surface area contributed by atoms with Gasteiger partial charge in [0.1, 0.15) is 0 Å². The molecule has 0 radical (unpaired) electrons. The first-order chi connectivity index (χ1) is 5.29. The third-order valence-corrected chi connectivity index (χ3v) is 1.33. The largest absolute Gasteiger partial charge is 0.385 e. The van der Waals surface area contributed by atoms with Crippen LogP contribution in [0.2, 0.25) is 0 Å². The van der Waals surface area contributed by atoms with Crippen LogP contribution in [0.25, 0.3) is 0 Å². The number of hydrogen-bond acceptors (Lipinski definition) is 4. The highest BCUT2D eigenvalue weighted by Gasteiger charge is 2.01. The average Bonchev–Trinajstić information content (AvgIpc) is 2.05. The molecule has 0 aliphatic heterocycles. The van der Waals surface area contributed by atoms with Gasteiger partial charge in [-0.15, -0.1) is 0 Å². The molecule has 0 saturated heterocycles. The van der Waals surface area contributed by atoms with Gasteiger partial charge in [0.05, 0.1) is 0 Å². The van der Waals surface area contributed by atoms with E-state index in [1.165, 1.54) is 10.8 Å². The van der Waals surface area contributed by atoms with E-state index in [1.54, 1.807) is 6.20 Å². The van der Waals surface area contributed by atoms with Gasteiger partial charge >= 0.3 is 11.4 Å². The van der Waals surface area contributed by atoms with E-state index in [2.05, 4.69) is 9.82 Å². The summed E-state index contributed by atoms with van der Waals surface area (Å²) in [4.78, 5) is 19.0. The highest BCUT2D eigenvalue weighted by atomic mass is 16.6. The van der Waals surface area contributed by atoms with Gasteiger partial charge in [0, 0.05) is 18.9 Å². The Balaban J connectivity index is 3.21. The number of rotatable bonds is 2. The van der Waals surface area contributed by atoms with Gasteiger partial charge in [0.25, 0.3) is 0 Å². The van der Waals surface area contributed by atoms with Gasteiger partial charge in [-0.05, 0) is 6.92 Å². The summed E-state index contributed by atoms with van der Waals surface area (Å²) in [6.45, 7) is 2.43. The third kappa shape index (κ3) is 1.38. The van der Waals surface area contributed by atoms with E-state index in [0.717, 1.165) is 0 Å². The standard InChI is InChI=1S/C6H9N3O2/c1-2-9-4-3-8-5(11-7)6(9)10/h3-4H,2,7H2,1H3. The lowest BCUT2D eigenvalue weighted by Crippen LogP contribution is -2.23. The van der Waals surface area contributed by atoms with Crippen LogP contribution in [0.1, 0.15) is 6.92 Å². The van der Waals surface area contributed by atoms with Crippen molar-refractivity contribution in [1.82, 2.24) is 9.55 Å². The summed E-state index contributed by atoms with van der Waals surface area (Å²) >= 11 is 0. The molecule has 0 aromatic carbocycles. The molecule has 0 atom stereocenters. The average molecular weight is 155 g/mol. The van der Waals surface area contributed by atoms with Crippen LogP contribution in [0.15, 0.2) is 17.2 Å². The van der Waals surface area contributed by atoms with Crippen LogP contribution in [-0.2, 0) is 6.54 Å². The minimum atomic E-state index is -0.308. The summed E-state index contributed by atoms with van der Waals surface area (Å²) in [5.74, 6) is 4.72. The first-order valence-electron chi connectivity index (χ1n) is 3.21. The maximum Gasteiger partial charge on any atom is 0.315 e. The van der Waals surface area contributed by atoms with Crippen molar-refractivity contribution in [3.63, 3.8) is 0 Å². The molecular formula is C6H9N3O2. The van der Waals surface area contributed by atoms with Crippen molar-refractivity contribution in [3.8, 4) is 5.88 Å². The van der Waals surface area contributed by atoms with Crippen molar-refractivity contribution in [2.45, 2.75) is 13.5 Å². The molecule has 5 heteroatoms. The number of nitrogens with two attached hydrogens (primary N) is 1. The Kier molecular flexibility index (Phi) is 2.22. The molecule has 0 aliphatic carbocycles. The van der Waals surface area contributed by atoms with Crippen molar-refractivity contribution >= 4 is 0 Å². The van der Waals surface area contributed by atoms with Crippen molar-refractivity contribution < 1.29 is 4.84 Å². The number of nitrogens with zero attached hydrogens (tertiary/aromatic N) is 2. The van der Waals surface area contributed by atoms with Gasteiger partial charge in [0.2, 0.25) is 0 Å². The summed E-state index contributed by atoms with van der Waals surface area (Å²) in [6.07, 6.45) is 3.04. The van der Waals surface area contributed by atoms with E-state index >= 15 is 0 Å². The minimum Gasteiger partial charge on any atom is -0.385 e. The highest BCUT2D eigenvalue weighted by Crippen LogP contribution is 1.91. The molecule has 60 valence electrons. The smallest absolute Gasteiger partial charge is 0.315 e. The molecule has 0 fully saturated rings. The maximum absolute atomic E-state index is 11.1. The SMILES string of the molecule is CCn1ccnc(ON)c1=O. The van der Waals surface area contributed by atoms with Gasteiger partial charge in [0.15, 0.2) is 0 Å². The monoisotopic (exact) mass is 155 g/mol. The second kappa shape index (κ2) is 3.16. The summed E-state index contributed by atoms with van der Waals surface area (Å²) in [6, 6.07) is 0. The van der Waals surface area contributed by atoms with Crippen molar-refractivity contribution in [1.29, 1.82) is 0 Å². The molecular weight excluding hydrogens is 146 g/mol. The summed E-state index contributed by atoms with van der Waals surface area (Å²) < 4.78 is 1.45.